The number of carboxylic acid groups (broad SMARTS) is 1. The summed E-state index contributed by atoms with van der Waals surface area (Å²) in [5, 5.41) is 12.5. The second-order valence-corrected chi connectivity index (χ2v) is 15.4. The van der Waals surface area contributed by atoms with Gasteiger partial charge in [-0.3, -0.25) is 9.69 Å². The van der Waals surface area contributed by atoms with Gasteiger partial charge in [0.05, 0.1) is 5.75 Å². The molecule has 2 N–H and O–H groups in total. The molecule has 0 unspecified atom stereocenters. The molecule has 230 valence electrons. The summed E-state index contributed by atoms with van der Waals surface area (Å²) in [4.78, 5) is 27.8. The summed E-state index contributed by atoms with van der Waals surface area (Å²) >= 11 is 1.55. The van der Waals surface area contributed by atoms with Crippen LogP contribution in [0.3, 0.4) is 0 Å². The number of aliphatic carboxylic acids is 1. The minimum atomic E-state index is -3.13. The van der Waals surface area contributed by atoms with E-state index in [2.05, 4.69) is 10.2 Å². The van der Waals surface area contributed by atoms with Crippen LogP contribution >= 0.6 is 11.8 Å². The normalized spacial score (nSPS) is 20.8. The Hall–Kier alpha value is -2.36. The monoisotopic (exact) mass is 614 g/mol. The molecule has 3 atom stereocenters. The molecule has 7 nitrogen and oxygen atoms in total. The van der Waals surface area contributed by atoms with Gasteiger partial charge in [0.2, 0.25) is 0 Å². The van der Waals surface area contributed by atoms with Crippen LogP contribution in [0.25, 0.3) is 11.1 Å². The van der Waals surface area contributed by atoms with E-state index in [0.717, 1.165) is 41.5 Å². The third-order valence-corrected chi connectivity index (χ3v) is 10.6. The van der Waals surface area contributed by atoms with Gasteiger partial charge in [0.1, 0.15) is 15.9 Å². The zero-order valence-corrected chi connectivity index (χ0v) is 26.8. The lowest BCUT2D eigenvalue weighted by Gasteiger charge is -2.33. The number of likely N-dealkylation sites (tertiary alicyclic amines) is 1. The van der Waals surface area contributed by atoms with Crippen LogP contribution < -0.4 is 5.32 Å². The Morgan fingerprint density at radius 2 is 1.74 bits per heavy atom. The molecule has 0 radical (unpaired) electrons. The number of nitrogens with one attached hydrogen (secondary N) is 1. The van der Waals surface area contributed by atoms with Crippen molar-refractivity contribution in [3.8, 4) is 11.1 Å². The lowest BCUT2D eigenvalue weighted by atomic mass is 9.84. The first-order chi connectivity index (χ1) is 20.1. The fraction of sp³-hybridized carbons (Fsp3) is 0.576. The van der Waals surface area contributed by atoms with Crippen molar-refractivity contribution < 1.29 is 23.1 Å². The van der Waals surface area contributed by atoms with E-state index in [4.69, 9.17) is 0 Å². The number of benzene rings is 2. The Kier molecular flexibility index (Phi) is 11.5. The van der Waals surface area contributed by atoms with Gasteiger partial charge >= 0.3 is 5.97 Å². The number of amides is 1. The standard InChI is InChI=1S/C33H46N2O5S2/c1-23-9-7-8-12-28(23)30-20-25(13-16-29(30)32(36)34-31(33(37)38)17-18-41-2)21-35-26(19-24-10-5-4-6-11-24)14-15-27(35)22-42(3,39)40/h7-9,12-13,16,20,24,26-27,31H,4-6,10-11,14-15,17-19,21-22H2,1-3H3,(H,34,36)(H,37,38)/t26-,27+,31+/m1/s1. The van der Waals surface area contributed by atoms with Gasteiger partial charge in [0.25, 0.3) is 5.91 Å². The highest BCUT2D eigenvalue weighted by Crippen LogP contribution is 2.36. The van der Waals surface area contributed by atoms with Gasteiger partial charge in [-0.2, -0.15) is 11.8 Å². The molecule has 0 bridgehead atoms. The molecule has 1 aliphatic carbocycles. The van der Waals surface area contributed by atoms with Crippen LogP contribution in [0.2, 0.25) is 0 Å². The summed E-state index contributed by atoms with van der Waals surface area (Å²) in [5.74, 6) is 0.0466. The number of carbonyl (C=O) groups is 2. The van der Waals surface area contributed by atoms with E-state index >= 15 is 0 Å². The molecule has 4 rings (SSSR count). The van der Waals surface area contributed by atoms with Crippen molar-refractivity contribution in [3.63, 3.8) is 0 Å². The molecule has 2 aromatic carbocycles. The Labute approximate surface area is 255 Å². The van der Waals surface area contributed by atoms with Gasteiger partial charge in [-0.1, -0.05) is 62.4 Å². The van der Waals surface area contributed by atoms with Crippen LogP contribution in [-0.4, -0.2) is 72.4 Å². The van der Waals surface area contributed by atoms with Crippen molar-refractivity contribution in [1.29, 1.82) is 0 Å². The molecule has 1 amide bonds. The number of aryl methyl sites for hydroxylation is 1. The Balaban J connectivity index is 1.65. The molecule has 0 aromatic heterocycles. The minimum absolute atomic E-state index is 0.0220. The predicted octanol–water partition coefficient (Wildman–Crippen LogP) is 5.95. The molecule has 9 heteroatoms. The number of sulfone groups is 1. The molecule has 42 heavy (non-hydrogen) atoms. The quantitative estimate of drug-likeness (QED) is 0.288. The lowest BCUT2D eigenvalue weighted by Crippen LogP contribution is -2.41. The molecule has 2 aliphatic rings. The van der Waals surface area contributed by atoms with E-state index in [1.807, 2.05) is 49.6 Å². The van der Waals surface area contributed by atoms with Crippen LogP contribution in [-0.2, 0) is 21.2 Å². The van der Waals surface area contributed by atoms with Gasteiger partial charge < -0.3 is 10.4 Å². The summed E-state index contributed by atoms with van der Waals surface area (Å²) in [6.45, 7) is 2.62. The fourth-order valence-electron chi connectivity index (χ4n) is 6.79. The second kappa shape index (κ2) is 14.9. The van der Waals surface area contributed by atoms with Gasteiger partial charge in [-0.05, 0) is 84.9 Å². The predicted molar refractivity (Wildman–Crippen MR) is 172 cm³/mol. The highest BCUT2D eigenvalue weighted by atomic mass is 32.2. The SMILES string of the molecule is CSCC[C@H](NC(=O)c1ccc(CN2[C@@H](CC3CCCCC3)CC[C@H]2CS(C)(=O)=O)cc1-c1ccccc1C)C(=O)O. The molecule has 2 aromatic rings. The molecule has 1 heterocycles. The third-order valence-electron chi connectivity index (χ3n) is 8.94. The number of rotatable bonds is 13. The van der Waals surface area contributed by atoms with Crippen molar-refractivity contribution in [2.45, 2.75) is 89.4 Å². The number of carbonyl (C=O) groups excluding carboxylic acids is 1. The van der Waals surface area contributed by atoms with E-state index in [-0.39, 0.29) is 11.8 Å². The highest BCUT2D eigenvalue weighted by Gasteiger charge is 2.36. The molecule has 0 spiro atoms. The summed E-state index contributed by atoms with van der Waals surface area (Å²) in [7, 11) is -3.13. The number of hydrogen-bond acceptors (Lipinski definition) is 6. The maximum atomic E-state index is 13.5. The van der Waals surface area contributed by atoms with E-state index in [1.54, 1.807) is 17.8 Å². The summed E-state index contributed by atoms with van der Waals surface area (Å²) in [6, 6.07) is 13.0. The van der Waals surface area contributed by atoms with Gasteiger partial charge in [-0.25, -0.2) is 13.2 Å². The number of thioether (sulfide) groups is 1. The topological polar surface area (TPSA) is 104 Å². The summed E-state index contributed by atoms with van der Waals surface area (Å²) in [5.41, 5.74) is 4.17. The smallest absolute Gasteiger partial charge is 0.326 e. The van der Waals surface area contributed by atoms with Crippen LogP contribution in [0.4, 0.5) is 0 Å². The van der Waals surface area contributed by atoms with E-state index < -0.39 is 27.8 Å². The number of carboxylic acids is 1. The Morgan fingerprint density at radius 1 is 1.02 bits per heavy atom. The van der Waals surface area contributed by atoms with Crippen LogP contribution in [0.5, 0.6) is 0 Å². The van der Waals surface area contributed by atoms with Crippen molar-refractivity contribution in [2.75, 3.05) is 24.0 Å². The average molecular weight is 615 g/mol. The Morgan fingerprint density at radius 3 is 2.40 bits per heavy atom. The minimum Gasteiger partial charge on any atom is -0.480 e. The van der Waals surface area contributed by atoms with Crippen molar-refractivity contribution in [1.82, 2.24) is 10.2 Å². The van der Waals surface area contributed by atoms with Gasteiger partial charge in [0.15, 0.2) is 0 Å². The van der Waals surface area contributed by atoms with Gasteiger partial charge in [0, 0.05) is 30.4 Å². The molecule has 1 aliphatic heterocycles. The van der Waals surface area contributed by atoms with Crippen molar-refractivity contribution in [2.24, 2.45) is 5.92 Å². The molecular formula is C33H46N2O5S2. The maximum Gasteiger partial charge on any atom is 0.326 e. The zero-order chi connectivity index (χ0) is 30.3. The van der Waals surface area contributed by atoms with Crippen LogP contribution in [0.15, 0.2) is 42.5 Å². The van der Waals surface area contributed by atoms with E-state index in [1.165, 1.54) is 38.4 Å². The largest absolute Gasteiger partial charge is 0.480 e. The Bertz CT molecular complexity index is 1340. The third kappa shape index (κ3) is 8.83. The highest BCUT2D eigenvalue weighted by molar-refractivity contribution is 7.98. The van der Waals surface area contributed by atoms with Crippen molar-refractivity contribution in [3.05, 3.63) is 59.2 Å². The summed E-state index contributed by atoms with van der Waals surface area (Å²) < 4.78 is 24.7. The zero-order valence-electron chi connectivity index (χ0n) is 25.2. The van der Waals surface area contributed by atoms with Gasteiger partial charge in [-0.15, -0.1) is 0 Å². The first-order valence-corrected chi connectivity index (χ1v) is 18.7. The summed E-state index contributed by atoms with van der Waals surface area (Å²) in [6.07, 6.45) is 13.0. The molecule has 2 fully saturated rings. The molecule has 1 saturated carbocycles. The van der Waals surface area contributed by atoms with Crippen LogP contribution in [0, 0.1) is 12.8 Å². The van der Waals surface area contributed by atoms with Crippen molar-refractivity contribution >= 4 is 33.5 Å². The maximum absolute atomic E-state index is 13.5. The fourth-order valence-corrected chi connectivity index (χ4v) is 8.32. The first kappa shape index (κ1) is 32.6. The lowest BCUT2D eigenvalue weighted by molar-refractivity contribution is -0.139. The number of hydrogen-bond donors (Lipinski definition) is 2. The number of nitrogens with zero attached hydrogens (tertiary/aromatic N) is 1. The first-order valence-electron chi connectivity index (χ1n) is 15.2. The molecule has 1 saturated heterocycles. The van der Waals surface area contributed by atoms with E-state index in [9.17, 15) is 23.1 Å². The second-order valence-electron chi connectivity index (χ2n) is 12.2. The van der Waals surface area contributed by atoms with Crippen LogP contribution in [0.1, 0.15) is 79.3 Å². The average Bonchev–Trinajstić information content (AvgIpc) is 3.30. The molecular weight excluding hydrogens is 569 g/mol. The van der Waals surface area contributed by atoms with E-state index in [0.29, 0.717) is 36.2 Å².